The predicted octanol–water partition coefficient (Wildman–Crippen LogP) is 1.43. The lowest BCUT2D eigenvalue weighted by Crippen LogP contribution is -2.49. The lowest BCUT2D eigenvalue weighted by atomic mass is 9.95. The SMILES string of the molecule is CC1CN(CC2CCN(CC(=O)N3c4ccc(S(N)(=O)=O)cc4CC3C)CC2)CC(C)O1. The molecule has 0 radical (unpaired) electrons. The van der Waals surface area contributed by atoms with Crippen LogP contribution in [0.3, 0.4) is 0 Å². The summed E-state index contributed by atoms with van der Waals surface area (Å²) in [5.74, 6) is 0.746. The van der Waals surface area contributed by atoms with Crippen LogP contribution in [0.4, 0.5) is 5.69 Å². The maximum atomic E-state index is 13.2. The molecule has 0 saturated carbocycles. The number of carbonyl (C=O) groups is 1. The lowest BCUT2D eigenvalue weighted by Gasteiger charge is -2.39. The summed E-state index contributed by atoms with van der Waals surface area (Å²) in [6, 6.07) is 4.82. The molecule has 1 amide bonds. The van der Waals surface area contributed by atoms with Gasteiger partial charge in [-0.15, -0.1) is 0 Å². The smallest absolute Gasteiger partial charge is 0.241 e. The molecule has 2 N–H and O–H groups in total. The van der Waals surface area contributed by atoms with E-state index in [-0.39, 0.29) is 16.8 Å². The molecule has 1 aromatic rings. The van der Waals surface area contributed by atoms with E-state index in [0.717, 1.165) is 56.8 Å². The summed E-state index contributed by atoms with van der Waals surface area (Å²) in [5, 5.41) is 5.26. The molecule has 32 heavy (non-hydrogen) atoms. The second-order valence-electron chi connectivity index (χ2n) is 9.85. The minimum atomic E-state index is -3.75. The number of primary sulfonamides is 1. The Morgan fingerprint density at radius 2 is 1.75 bits per heavy atom. The van der Waals surface area contributed by atoms with Crippen LogP contribution in [0.15, 0.2) is 23.1 Å². The summed E-state index contributed by atoms with van der Waals surface area (Å²) >= 11 is 0. The largest absolute Gasteiger partial charge is 0.373 e. The highest BCUT2D eigenvalue weighted by Crippen LogP contribution is 2.34. The van der Waals surface area contributed by atoms with Crippen molar-refractivity contribution in [2.45, 2.75) is 63.2 Å². The Hall–Kier alpha value is -1.52. The number of amides is 1. The van der Waals surface area contributed by atoms with Crippen molar-refractivity contribution < 1.29 is 17.9 Å². The number of fused-ring (bicyclic) bond motifs is 1. The van der Waals surface area contributed by atoms with Crippen molar-refractivity contribution in [3.05, 3.63) is 23.8 Å². The summed E-state index contributed by atoms with van der Waals surface area (Å²) in [7, 11) is -3.75. The topological polar surface area (TPSA) is 96.2 Å². The molecule has 3 atom stereocenters. The Kier molecular flexibility index (Phi) is 6.93. The van der Waals surface area contributed by atoms with Crippen LogP contribution in [0.1, 0.15) is 39.2 Å². The van der Waals surface area contributed by atoms with Crippen LogP contribution in [0.5, 0.6) is 0 Å². The number of piperidine rings is 1. The third kappa shape index (κ3) is 5.34. The summed E-state index contributed by atoms with van der Waals surface area (Å²) in [6.07, 6.45) is 3.45. The van der Waals surface area contributed by atoms with E-state index in [9.17, 15) is 13.2 Å². The molecule has 8 nitrogen and oxygen atoms in total. The number of carbonyl (C=O) groups excluding carboxylic acids is 1. The van der Waals surface area contributed by atoms with Crippen molar-refractivity contribution in [1.82, 2.24) is 9.80 Å². The average molecular weight is 465 g/mol. The van der Waals surface area contributed by atoms with Gasteiger partial charge in [-0.1, -0.05) is 0 Å². The fraction of sp³-hybridized carbons (Fsp3) is 0.696. The first-order valence-corrected chi connectivity index (χ1v) is 13.2. The Labute approximate surface area is 191 Å². The molecule has 3 aliphatic rings. The zero-order valence-electron chi connectivity index (χ0n) is 19.4. The molecule has 9 heteroatoms. The van der Waals surface area contributed by atoms with Crippen molar-refractivity contribution in [3.8, 4) is 0 Å². The van der Waals surface area contributed by atoms with Gasteiger partial charge in [-0.05, 0) is 82.8 Å². The number of morpholine rings is 1. The number of sulfonamides is 1. The van der Waals surface area contributed by atoms with E-state index in [2.05, 4.69) is 23.6 Å². The van der Waals surface area contributed by atoms with E-state index in [1.165, 1.54) is 6.07 Å². The van der Waals surface area contributed by atoms with Gasteiger partial charge in [0.2, 0.25) is 15.9 Å². The highest BCUT2D eigenvalue weighted by molar-refractivity contribution is 7.89. The predicted molar refractivity (Wildman–Crippen MR) is 124 cm³/mol. The van der Waals surface area contributed by atoms with Gasteiger partial charge in [-0.25, -0.2) is 13.6 Å². The van der Waals surface area contributed by atoms with Crippen LogP contribution in [0.2, 0.25) is 0 Å². The molecule has 1 aromatic carbocycles. The molecule has 178 valence electrons. The summed E-state index contributed by atoms with van der Waals surface area (Å²) in [6.45, 7) is 11.7. The maximum Gasteiger partial charge on any atom is 0.241 e. The van der Waals surface area contributed by atoms with Crippen molar-refractivity contribution in [2.24, 2.45) is 11.1 Å². The Morgan fingerprint density at radius 3 is 2.38 bits per heavy atom. The number of nitrogens with two attached hydrogens (primary N) is 1. The third-order valence-electron chi connectivity index (χ3n) is 6.94. The number of ether oxygens (including phenoxy) is 1. The molecular formula is C23H36N4O4S. The first-order chi connectivity index (χ1) is 15.1. The highest BCUT2D eigenvalue weighted by atomic mass is 32.2. The van der Waals surface area contributed by atoms with Gasteiger partial charge >= 0.3 is 0 Å². The van der Waals surface area contributed by atoms with E-state index < -0.39 is 10.0 Å². The second kappa shape index (κ2) is 9.38. The van der Waals surface area contributed by atoms with Crippen LogP contribution in [0.25, 0.3) is 0 Å². The minimum absolute atomic E-state index is 0.0102. The number of benzene rings is 1. The van der Waals surface area contributed by atoms with E-state index in [0.29, 0.717) is 31.1 Å². The fourth-order valence-corrected chi connectivity index (χ4v) is 6.12. The van der Waals surface area contributed by atoms with Crippen LogP contribution < -0.4 is 10.0 Å². The Balaban J connectivity index is 1.31. The molecular weight excluding hydrogens is 428 g/mol. The van der Waals surface area contributed by atoms with Crippen molar-refractivity contribution in [1.29, 1.82) is 0 Å². The zero-order chi connectivity index (χ0) is 23.0. The van der Waals surface area contributed by atoms with Gasteiger partial charge in [-0.2, -0.15) is 0 Å². The number of rotatable bonds is 5. The first-order valence-electron chi connectivity index (χ1n) is 11.7. The molecule has 3 unspecified atom stereocenters. The number of anilines is 1. The molecule has 2 fully saturated rings. The van der Waals surface area contributed by atoms with Crippen molar-refractivity contribution in [2.75, 3.05) is 44.2 Å². The number of hydrogen-bond donors (Lipinski definition) is 1. The highest BCUT2D eigenvalue weighted by Gasteiger charge is 2.33. The van der Waals surface area contributed by atoms with Crippen molar-refractivity contribution in [3.63, 3.8) is 0 Å². The monoisotopic (exact) mass is 464 g/mol. The molecule has 0 spiro atoms. The lowest BCUT2D eigenvalue weighted by molar-refractivity contribution is -0.120. The quantitative estimate of drug-likeness (QED) is 0.708. The van der Waals surface area contributed by atoms with Gasteiger partial charge in [0.15, 0.2) is 0 Å². The molecule has 4 rings (SSSR count). The molecule has 2 saturated heterocycles. The first kappa shape index (κ1) is 23.6. The van der Waals surface area contributed by atoms with E-state index >= 15 is 0 Å². The fourth-order valence-electron chi connectivity index (χ4n) is 5.56. The molecule has 3 aliphatic heterocycles. The van der Waals surface area contributed by atoms with Gasteiger partial charge in [0.1, 0.15) is 0 Å². The minimum Gasteiger partial charge on any atom is -0.373 e. The van der Waals surface area contributed by atoms with Crippen LogP contribution in [0, 0.1) is 5.92 Å². The normalized spacial score (nSPS) is 28.1. The second-order valence-corrected chi connectivity index (χ2v) is 11.4. The number of nitrogens with zero attached hydrogens (tertiary/aromatic N) is 3. The summed E-state index contributed by atoms with van der Waals surface area (Å²) < 4.78 is 29.2. The van der Waals surface area contributed by atoms with Crippen LogP contribution >= 0.6 is 0 Å². The molecule has 0 aromatic heterocycles. The molecule has 3 heterocycles. The van der Waals surface area contributed by atoms with E-state index in [4.69, 9.17) is 9.88 Å². The van der Waals surface area contributed by atoms with Gasteiger partial charge in [0.05, 0.1) is 23.6 Å². The number of likely N-dealkylation sites (tertiary alicyclic amines) is 1. The van der Waals surface area contributed by atoms with Gasteiger partial charge < -0.3 is 9.64 Å². The summed E-state index contributed by atoms with van der Waals surface area (Å²) in [4.78, 5) is 19.9. The van der Waals surface area contributed by atoms with E-state index in [1.807, 2.05) is 11.8 Å². The maximum absolute atomic E-state index is 13.2. The van der Waals surface area contributed by atoms with Crippen LogP contribution in [-0.4, -0.2) is 81.6 Å². The number of hydrogen-bond acceptors (Lipinski definition) is 6. The molecule has 0 bridgehead atoms. The van der Waals surface area contributed by atoms with Crippen LogP contribution in [-0.2, 0) is 26.0 Å². The van der Waals surface area contributed by atoms with Gasteiger partial charge in [-0.3, -0.25) is 14.6 Å². The van der Waals surface area contributed by atoms with Crippen molar-refractivity contribution >= 4 is 21.6 Å². The third-order valence-corrected chi connectivity index (χ3v) is 7.85. The summed E-state index contributed by atoms with van der Waals surface area (Å²) in [5.41, 5.74) is 1.67. The average Bonchev–Trinajstić information content (AvgIpc) is 3.03. The van der Waals surface area contributed by atoms with Gasteiger partial charge in [0, 0.05) is 31.4 Å². The molecule has 0 aliphatic carbocycles. The van der Waals surface area contributed by atoms with Gasteiger partial charge in [0.25, 0.3) is 0 Å². The van der Waals surface area contributed by atoms with E-state index in [1.54, 1.807) is 12.1 Å². The Bertz CT molecular complexity index is 935. The standard InChI is InChI=1S/C23H36N4O4S/c1-16-10-20-11-21(32(24,29)30)4-5-22(20)27(16)23(28)15-25-8-6-19(7-9-25)14-26-12-17(2)31-18(3)13-26/h4-5,11,16-19H,6-10,12-15H2,1-3H3,(H2,24,29,30). The zero-order valence-corrected chi connectivity index (χ0v) is 20.2. The Morgan fingerprint density at radius 1 is 1.09 bits per heavy atom.